The molecule has 0 saturated heterocycles. The standard InChI is InChI=1S/C35H50N2O6/c1-2-3-4-5-6-7-8-9-10-11-12-13-14-15-16-17-21-36-30-20-18-19-27(23-30)32(38)26-33(39)37-31-24-28(34(40)41)22-29(25-31)35(42)43/h18-20,22-25,36H,2-17,21,26H2,1H3,(H,37,39)(H,40,41)(H,42,43). The number of rotatable bonds is 24. The summed E-state index contributed by atoms with van der Waals surface area (Å²) in [7, 11) is 0. The molecule has 0 radical (unpaired) electrons. The number of carbonyl (C=O) groups excluding carboxylic acids is 2. The molecular weight excluding hydrogens is 544 g/mol. The molecule has 43 heavy (non-hydrogen) atoms. The highest BCUT2D eigenvalue weighted by Crippen LogP contribution is 2.18. The molecule has 0 aliphatic carbocycles. The van der Waals surface area contributed by atoms with Gasteiger partial charge in [-0.25, -0.2) is 9.59 Å². The van der Waals surface area contributed by atoms with Crippen LogP contribution in [0.5, 0.6) is 0 Å². The molecule has 1 amide bonds. The molecule has 0 heterocycles. The number of nitrogens with one attached hydrogen (secondary N) is 2. The number of Topliss-reactive ketones (excluding diaryl/α,β-unsaturated/α-hetero) is 1. The molecule has 2 rings (SSSR count). The van der Waals surface area contributed by atoms with E-state index >= 15 is 0 Å². The van der Waals surface area contributed by atoms with Gasteiger partial charge in [-0.1, -0.05) is 115 Å². The van der Waals surface area contributed by atoms with Crippen molar-refractivity contribution in [3.05, 3.63) is 59.2 Å². The van der Waals surface area contributed by atoms with Crippen molar-refractivity contribution in [3.63, 3.8) is 0 Å². The Kier molecular flexibility index (Phi) is 17.4. The number of hydrogen-bond donors (Lipinski definition) is 4. The largest absolute Gasteiger partial charge is 0.478 e. The van der Waals surface area contributed by atoms with Crippen molar-refractivity contribution in [2.75, 3.05) is 17.2 Å². The molecule has 0 unspecified atom stereocenters. The van der Waals surface area contributed by atoms with Gasteiger partial charge in [0.05, 0.1) is 17.5 Å². The van der Waals surface area contributed by atoms with Crippen molar-refractivity contribution in [1.82, 2.24) is 0 Å². The van der Waals surface area contributed by atoms with Crippen LogP contribution in [0.4, 0.5) is 11.4 Å². The maximum absolute atomic E-state index is 12.7. The highest BCUT2D eigenvalue weighted by molar-refractivity contribution is 6.11. The Labute approximate surface area is 256 Å². The number of anilines is 2. The highest BCUT2D eigenvalue weighted by Gasteiger charge is 2.16. The number of carbonyl (C=O) groups is 4. The van der Waals surface area contributed by atoms with Gasteiger partial charge in [0.1, 0.15) is 0 Å². The third-order valence-corrected chi connectivity index (χ3v) is 7.58. The van der Waals surface area contributed by atoms with Gasteiger partial charge >= 0.3 is 11.9 Å². The van der Waals surface area contributed by atoms with Crippen LogP contribution in [0, 0.1) is 0 Å². The second kappa shape index (κ2) is 21.1. The van der Waals surface area contributed by atoms with Crippen molar-refractivity contribution in [2.45, 2.75) is 116 Å². The van der Waals surface area contributed by atoms with Crippen molar-refractivity contribution in [3.8, 4) is 0 Å². The summed E-state index contributed by atoms with van der Waals surface area (Å²) in [5, 5.41) is 24.2. The Morgan fingerprint density at radius 1 is 0.581 bits per heavy atom. The van der Waals surface area contributed by atoms with Crippen LogP contribution in [0.2, 0.25) is 0 Å². The average molecular weight is 595 g/mol. The molecule has 8 heteroatoms. The van der Waals surface area contributed by atoms with E-state index in [1.165, 1.54) is 89.9 Å². The number of carboxylic acid groups (broad SMARTS) is 2. The van der Waals surface area contributed by atoms with Crippen LogP contribution in [0.1, 0.15) is 147 Å². The van der Waals surface area contributed by atoms with Crippen LogP contribution in [0.25, 0.3) is 0 Å². The predicted molar refractivity (Wildman–Crippen MR) is 172 cm³/mol. The maximum Gasteiger partial charge on any atom is 0.335 e. The molecule has 0 aromatic heterocycles. The molecule has 0 spiro atoms. The summed E-state index contributed by atoms with van der Waals surface area (Å²) >= 11 is 0. The molecule has 4 N–H and O–H groups in total. The monoisotopic (exact) mass is 594 g/mol. The van der Waals surface area contributed by atoms with Gasteiger partial charge in [0.15, 0.2) is 5.78 Å². The normalized spacial score (nSPS) is 10.8. The fourth-order valence-corrected chi connectivity index (χ4v) is 5.11. The van der Waals surface area contributed by atoms with Gasteiger partial charge in [-0.05, 0) is 36.8 Å². The van der Waals surface area contributed by atoms with Gasteiger partial charge in [0.2, 0.25) is 5.91 Å². The molecule has 0 aliphatic rings. The van der Waals surface area contributed by atoms with Crippen LogP contribution in [0.15, 0.2) is 42.5 Å². The lowest BCUT2D eigenvalue weighted by molar-refractivity contribution is -0.115. The third-order valence-electron chi connectivity index (χ3n) is 7.58. The van der Waals surface area contributed by atoms with Crippen molar-refractivity contribution in [2.24, 2.45) is 0 Å². The van der Waals surface area contributed by atoms with Crippen LogP contribution in [0.3, 0.4) is 0 Å². The number of aromatic carboxylic acids is 2. The van der Waals surface area contributed by atoms with Crippen molar-refractivity contribution >= 4 is 35.0 Å². The summed E-state index contributed by atoms with van der Waals surface area (Å²) in [4.78, 5) is 47.7. The van der Waals surface area contributed by atoms with Gasteiger partial charge < -0.3 is 20.8 Å². The fourth-order valence-electron chi connectivity index (χ4n) is 5.11. The first kappa shape index (κ1) is 35.5. The quantitative estimate of drug-likeness (QED) is 0.0541. The Morgan fingerprint density at radius 3 is 1.53 bits per heavy atom. The lowest BCUT2D eigenvalue weighted by Gasteiger charge is -2.09. The minimum absolute atomic E-state index is 0.00400. The smallest absolute Gasteiger partial charge is 0.335 e. The minimum Gasteiger partial charge on any atom is -0.478 e. The SMILES string of the molecule is CCCCCCCCCCCCCCCCCCNc1cccc(C(=O)CC(=O)Nc2cc(C(=O)O)cc(C(=O)O)c2)c1. The zero-order valence-electron chi connectivity index (χ0n) is 25.8. The van der Waals surface area contributed by atoms with Crippen molar-refractivity contribution in [1.29, 1.82) is 0 Å². The Bertz CT molecular complexity index is 1130. The maximum atomic E-state index is 12.7. The molecule has 0 saturated carbocycles. The molecule has 236 valence electrons. The van der Waals surface area contributed by atoms with Gasteiger partial charge in [-0.2, -0.15) is 0 Å². The Morgan fingerprint density at radius 2 is 1.05 bits per heavy atom. The number of unbranched alkanes of at least 4 members (excludes halogenated alkanes) is 15. The summed E-state index contributed by atoms with van der Waals surface area (Å²) in [6, 6.07) is 10.3. The van der Waals surface area contributed by atoms with Crippen LogP contribution < -0.4 is 10.6 Å². The molecule has 0 bridgehead atoms. The first-order chi connectivity index (χ1) is 20.8. The molecule has 2 aromatic carbocycles. The molecule has 8 nitrogen and oxygen atoms in total. The fraction of sp³-hybridized carbons (Fsp3) is 0.543. The lowest BCUT2D eigenvalue weighted by atomic mass is 10.0. The topological polar surface area (TPSA) is 133 Å². The zero-order chi connectivity index (χ0) is 31.3. The zero-order valence-corrected chi connectivity index (χ0v) is 25.8. The number of ketones is 1. The molecule has 2 aromatic rings. The number of benzene rings is 2. The van der Waals surface area contributed by atoms with Crippen LogP contribution in [-0.4, -0.2) is 40.4 Å². The van der Waals surface area contributed by atoms with Gasteiger partial charge in [-0.15, -0.1) is 0 Å². The van der Waals surface area contributed by atoms with E-state index in [0.29, 0.717) is 5.56 Å². The number of amides is 1. The first-order valence-corrected chi connectivity index (χ1v) is 16.1. The summed E-state index contributed by atoms with van der Waals surface area (Å²) in [6.45, 7) is 3.07. The molecule has 0 fully saturated rings. The van der Waals surface area contributed by atoms with E-state index in [0.717, 1.165) is 43.3 Å². The van der Waals surface area contributed by atoms with E-state index < -0.39 is 30.0 Å². The summed E-state index contributed by atoms with van der Waals surface area (Å²) in [6.07, 6.45) is 20.8. The highest BCUT2D eigenvalue weighted by atomic mass is 16.4. The number of hydrogen-bond acceptors (Lipinski definition) is 5. The number of carboxylic acids is 2. The van der Waals surface area contributed by atoms with E-state index in [9.17, 15) is 29.4 Å². The second-order valence-corrected chi connectivity index (χ2v) is 11.4. The average Bonchev–Trinajstić information content (AvgIpc) is 2.98. The third kappa shape index (κ3) is 15.4. The van der Waals surface area contributed by atoms with Gasteiger partial charge in [0, 0.05) is 23.5 Å². The summed E-state index contributed by atoms with van der Waals surface area (Å²) in [5.41, 5.74) is 0.656. The van der Waals surface area contributed by atoms with Gasteiger partial charge in [0.25, 0.3) is 0 Å². The van der Waals surface area contributed by atoms with Gasteiger partial charge in [-0.3, -0.25) is 9.59 Å². The molecule has 0 aliphatic heterocycles. The molecular formula is C35H50N2O6. The Balaban J connectivity index is 1.59. The van der Waals surface area contributed by atoms with Crippen LogP contribution in [-0.2, 0) is 4.79 Å². The van der Waals surface area contributed by atoms with Crippen LogP contribution >= 0.6 is 0 Å². The summed E-state index contributed by atoms with van der Waals surface area (Å²) in [5.74, 6) is -3.69. The lowest BCUT2D eigenvalue weighted by Crippen LogP contribution is -2.17. The summed E-state index contributed by atoms with van der Waals surface area (Å²) < 4.78 is 0. The van der Waals surface area contributed by atoms with Crippen molar-refractivity contribution < 1.29 is 29.4 Å². The predicted octanol–water partition coefficient (Wildman–Crippen LogP) is 8.97. The Hall–Kier alpha value is -3.68. The second-order valence-electron chi connectivity index (χ2n) is 11.4. The van der Waals surface area contributed by atoms with E-state index in [1.807, 2.05) is 6.07 Å². The van der Waals surface area contributed by atoms with E-state index in [4.69, 9.17) is 0 Å². The first-order valence-electron chi connectivity index (χ1n) is 16.1. The minimum atomic E-state index is -1.32. The van der Waals surface area contributed by atoms with E-state index in [-0.39, 0.29) is 16.8 Å². The van der Waals surface area contributed by atoms with E-state index in [1.54, 1.807) is 18.2 Å². The van der Waals surface area contributed by atoms with E-state index in [2.05, 4.69) is 17.6 Å². The molecule has 0 atom stereocenters.